The number of hydrogen-bond acceptors (Lipinski definition) is 1. The molecule has 1 spiro atoms. The number of fused-ring (bicyclic) bond motifs is 13. The fourth-order valence-corrected chi connectivity index (χ4v) is 11.1. The van der Waals surface area contributed by atoms with Crippen LogP contribution < -0.4 is 4.90 Å². The Hall–Kier alpha value is -7.94. The van der Waals surface area contributed by atoms with E-state index in [1.165, 1.54) is 93.9 Å². The largest absolute Gasteiger partial charge is 0.309 e. The molecule has 0 saturated carbocycles. The molecule has 0 N–H and O–H groups in total. The molecule has 1 aromatic heterocycles. The van der Waals surface area contributed by atoms with Crippen molar-refractivity contribution in [3.63, 3.8) is 0 Å². The van der Waals surface area contributed by atoms with Crippen molar-refractivity contribution in [2.24, 2.45) is 0 Å². The molecule has 10 aromatic carbocycles. The SMILES string of the molecule is c1ccc(N(c2ccccc2-c2ccccc2-c2cccc3ccccc23)c2cccc3c2-c2ccccc2C32c3ccccc3-n3c4ccccc4c4cccc2c43)cc1. The minimum atomic E-state index is -0.550. The lowest BCUT2D eigenvalue weighted by molar-refractivity contribution is 0.748. The van der Waals surface area contributed by atoms with Crippen LogP contribution in [0, 0.1) is 0 Å². The van der Waals surface area contributed by atoms with Crippen LogP contribution in [-0.2, 0) is 5.41 Å². The van der Waals surface area contributed by atoms with Gasteiger partial charge < -0.3 is 9.47 Å². The number of para-hydroxylation sites is 5. The zero-order chi connectivity index (χ0) is 40.1. The third-order valence-corrected chi connectivity index (χ3v) is 13.4. The van der Waals surface area contributed by atoms with Crippen molar-refractivity contribution in [3.8, 4) is 39.1 Å². The first-order valence-corrected chi connectivity index (χ1v) is 21.2. The standard InChI is InChI=1S/C59H38N2/c1-2-21-40(22-3-1)60(53-35-13-9-26-45(53)44-25-7-6-24-43(44)42-29-16-20-39-19-4-5-23-41(39)42)56-38-18-33-51-57(56)48-28-8-11-31-49(48)59(51)50-32-12-15-37-55(50)61-54-36-14-10-27-46(54)47-30-17-34-52(59)58(47)61/h1-38H. The van der Waals surface area contributed by atoms with Gasteiger partial charge in [-0.25, -0.2) is 0 Å². The lowest BCUT2D eigenvalue weighted by Crippen LogP contribution is -2.33. The zero-order valence-corrected chi connectivity index (χ0v) is 33.3. The van der Waals surface area contributed by atoms with E-state index in [1.807, 2.05) is 0 Å². The lowest BCUT2D eigenvalue weighted by Gasteiger charge is -2.39. The molecule has 1 aliphatic carbocycles. The Labute approximate surface area is 354 Å². The van der Waals surface area contributed by atoms with Crippen LogP contribution in [0.5, 0.6) is 0 Å². The molecule has 2 nitrogen and oxygen atoms in total. The predicted molar refractivity (Wildman–Crippen MR) is 255 cm³/mol. The van der Waals surface area contributed by atoms with Gasteiger partial charge in [0.15, 0.2) is 0 Å². The Morgan fingerprint density at radius 2 is 0.869 bits per heavy atom. The second-order valence-electron chi connectivity index (χ2n) is 16.3. The minimum absolute atomic E-state index is 0.550. The maximum Gasteiger partial charge on any atom is 0.0755 e. The molecule has 11 aromatic rings. The molecule has 284 valence electrons. The highest BCUT2D eigenvalue weighted by Crippen LogP contribution is 2.63. The van der Waals surface area contributed by atoms with E-state index in [0.29, 0.717) is 0 Å². The van der Waals surface area contributed by atoms with Crippen molar-refractivity contribution < 1.29 is 0 Å². The highest BCUT2D eigenvalue weighted by Gasteiger charge is 2.51. The molecule has 0 amide bonds. The normalized spacial score (nSPS) is 14.6. The second kappa shape index (κ2) is 13.0. The van der Waals surface area contributed by atoms with Crippen LogP contribution in [0.25, 0.3) is 71.6 Å². The molecule has 1 unspecified atom stereocenters. The van der Waals surface area contributed by atoms with Crippen molar-refractivity contribution in [1.82, 2.24) is 4.57 Å². The molecule has 61 heavy (non-hydrogen) atoms. The van der Waals surface area contributed by atoms with Gasteiger partial charge in [-0.05, 0) is 91.7 Å². The van der Waals surface area contributed by atoms with Crippen LogP contribution in [0.15, 0.2) is 231 Å². The van der Waals surface area contributed by atoms with Crippen molar-refractivity contribution in [2.75, 3.05) is 4.90 Å². The quantitative estimate of drug-likeness (QED) is 0.169. The van der Waals surface area contributed by atoms with Crippen LogP contribution in [0.4, 0.5) is 17.1 Å². The fourth-order valence-electron chi connectivity index (χ4n) is 11.1. The zero-order valence-electron chi connectivity index (χ0n) is 33.3. The highest BCUT2D eigenvalue weighted by molar-refractivity contribution is 6.13. The molecule has 2 heterocycles. The first-order chi connectivity index (χ1) is 30.3. The van der Waals surface area contributed by atoms with E-state index in [-0.39, 0.29) is 0 Å². The van der Waals surface area contributed by atoms with Gasteiger partial charge in [-0.1, -0.05) is 194 Å². The summed E-state index contributed by atoms with van der Waals surface area (Å²) in [6, 6.07) is 85.3. The molecule has 0 fully saturated rings. The molecule has 0 radical (unpaired) electrons. The summed E-state index contributed by atoms with van der Waals surface area (Å²) in [4.78, 5) is 2.51. The Morgan fingerprint density at radius 3 is 1.74 bits per heavy atom. The van der Waals surface area contributed by atoms with Gasteiger partial charge in [0.05, 0.1) is 33.5 Å². The van der Waals surface area contributed by atoms with E-state index in [9.17, 15) is 0 Å². The van der Waals surface area contributed by atoms with Gasteiger partial charge in [0.1, 0.15) is 0 Å². The van der Waals surface area contributed by atoms with Gasteiger partial charge in [-0.15, -0.1) is 0 Å². The average Bonchev–Trinajstić information content (AvgIpc) is 3.83. The van der Waals surface area contributed by atoms with Crippen LogP contribution in [0.2, 0.25) is 0 Å². The summed E-state index contributed by atoms with van der Waals surface area (Å²) in [6.45, 7) is 0. The van der Waals surface area contributed by atoms with E-state index in [0.717, 1.165) is 17.1 Å². The predicted octanol–water partition coefficient (Wildman–Crippen LogP) is 15.4. The average molecular weight is 775 g/mol. The number of aromatic nitrogens is 1. The third-order valence-electron chi connectivity index (χ3n) is 13.4. The van der Waals surface area contributed by atoms with Gasteiger partial charge in [0, 0.05) is 27.6 Å². The molecular weight excluding hydrogens is 737 g/mol. The van der Waals surface area contributed by atoms with Gasteiger partial charge in [0.2, 0.25) is 0 Å². The van der Waals surface area contributed by atoms with Gasteiger partial charge in [-0.3, -0.25) is 0 Å². The van der Waals surface area contributed by atoms with Crippen molar-refractivity contribution in [3.05, 3.63) is 253 Å². The highest BCUT2D eigenvalue weighted by atomic mass is 15.1. The van der Waals surface area contributed by atoms with Gasteiger partial charge >= 0.3 is 0 Å². The summed E-state index contributed by atoms with van der Waals surface area (Å²) in [5.74, 6) is 0. The van der Waals surface area contributed by atoms with Crippen molar-refractivity contribution >= 4 is 49.6 Å². The summed E-state index contributed by atoms with van der Waals surface area (Å²) in [5, 5.41) is 5.05. The first-order valence-electron chi connectivity index (χ1n) is 21.2. The Morgan fingerprint density at radius 1 is 0.328 bits per heavy atom. The van der Waals surface area contributed by atoms with E-state index in [4.69, 9.17) is 0 Å². The van der Waals surface area contributed by atoms with Gasteiger partial charge in [0.25, 0.3) is 0 Å². The molecule has 2 heteroatoms. The van der Waals surface area contributed by atoms with Crippen molar-refractivity contribution in [2.45, 2.75) is 5.41 Å². The Bertz CT molecular complexity index is 3550. The minimum Gasteiger partial charge on any atom is -0.309 e. The maximum atomic E-state index is 2.52. The van der Waals surface area contributed by atoms with Crippen molar-refractivity contribution in [1.29, 1.82) is 0 Å². The van der Waals surface area contributed by atoms with Crippen LogP contribution in [0.3, 0.4) is 0 Å². The van der Waals surface area contributed by atoms with Crippen LogP contribution >= 0.6 is 0 Å². The molecule has 2 aliphatic rings. The lowest BCUT2D eigenvalue weighted by atomic mass is 9.65. The van der Waals surface area contributed by atoms with Crippen LogP contribution in [-0.4, -0.2) is 4.57 Å². The molecule has 1 aliphatic heterocycles. The third kappa shape index (κ3) is 4.62. The fraction of sp³-hybridized carbons (Fsp3) is 0.0169. The Kier molecular flexibility index (Phi) is 7.26. The van der Waals surface area contributed by atoms with E-state index in [1.54, 1.807) is 0 Å². The van der Waals surface area contributed by atoms with Crippen LogP contribution in [0.1, 0.15) is 22.3 Å². The number of hydrogen-bond donors (Lipinski definition) is 0. The Balaban J connectivity index is 1.11. The summed E-state index contributed by atoms with van der Waals surface area (Å²) in [6.07, 6.45) is 0. The number of rotatable bonds is 5. The van der Waals surface area contributed by atoms with E-state index in [2.05, 4.69) is 240 Å². The topological polar surface area (TPSA) is 8.17 Å². The summed E-state index contributed by atoms with van der Waals surface area (Å²) < 4.78 is 2.52. The number of anilines is 3. The molecule has 1 atom stereocenters. The molecular formula is C59H38N2. The maximum absolute atomic E-state index is 2.52. The first kappa shape index (κ1) is 34.0. The second-order valence-corrected chi connectivity index (χ2v) is 16.3. The number of benzene rings is 10. The summed E-state index contributed by atoms with van der Waals surface area (Å²) in [5.41, 5.74) is 19.2. The number of nitrogens with zero attached hydrogens (tertiary/aromatic N) is 2. The van der Waals surface area contributed by atoms with Gasteiger partial charge in [-0.2, -0.15) is 0 Å². The monoisotopic (exact) mass is 774 g/mol. The van der Waals surface area contributed by atoms with E-state index >= 15 is 0 Å². The summed E-state index contributed by atoms with van der Waals surface area (Å²) in [7, 11) is 0. The molecule has 0 saturated heterocycles. The smallest absolute Gasteiger partial charge is 0.0755 e. The molecule has 0 bridgehead atoms. The molecule has 13 rings (SSSR count). The van der Waals surface area contributed by atoms with E-state index < -0.39 is 5.41 Å². The summed E-state index contributed by atoms with van der Waals surface area (Å²) >= 11 is 0.